The van der Waals surface area contributed by atoms with Crippen molar-refractivity contribution >= 4 is 17.1 Å². The Labute approximate surface area is 116 Å². The Morgan fingerprint density at radius 1 is 1.20 bits per heavy atom. The minimum absolute atomic E-state index is 0.134. The van der Waals surface area contributed by atoms with Crippen LogP contribution in [0.5, 0.6) is 0 Å². The number of benzene rings is 1. The predicted molar refractivity (Wildman–Crippen MR) is 76.9 cm³/mol. The van der Waals surface area contributed by atoms with E-state index in [1.807, 2.05) is 36.6 Å². The SMILES string of the molecule is Cc1ccc2nc(N)n(C(C)c3cccc(F)c3)c2n1. The molecule has 5 heteroatoms. The monoisotopic (exact) mass is 270 g/mol. The molecule has 4 nitrogen and oxygen atoms in total. The number of aryl methyl sites for hydroxylation is 1. The van der Waals surface area contributed by atoms with Gasteiger partial charge in [0, 0.05) is 5.69 Å². The summed E-state index contributed by atoms with van der Waals surface area (Å²) in [7, 11) is 0. The van der Waals surface area contributed by atoms with Crippen molar-refractivity contribution in [2.45, 2.75) is 19.9 Å². The molecule has 0 radical (unpaired) electrons. The Hall–Kier alpha value is -2.43. The van der Waals surface area contributed by atoms with Crippen LogP contribution in [0.3, 0.4) is 0 Å². The number of aromatic nitrogens is 3. The maximum Gasteiger partial charge on any atom is 0.203 e. The molecule has 3 rings (SSSR count). The number of fused-ring (bicyclic) bond motifs is 1. The lowest BCUT2D eigenvalue weighted by Crippen LogP contribution is -2.11. The summed E-state index contributed by atoms with van der Waals surface area (Å²) < 4.78 is 15.2. The van der Waals surface area contributed by atoms with Gasteiger partial charge in [-0.25, -0.2) is 14.4 Å². The van der Waals surface area contributed by atoms with Crippen molar-refractivity contribution in [3.05, 3.63) is 53.5 Å². The summed E-state index contributed by atoms with van der Waals surface area (Å²) in [4.78, 5) is 8.80. The highest BCUT2D eigenvalue weighted by molar-refractivity contribution is 5.74. The first-order chi connectivity index (χ1) is 9.56. The van der Waals surface area contributed by atoms with Crippen LogP contribution in [0.4, 0.5) is 10.3 Å². The molecule has 3 aromatic rings. The van der Waals surface area contributed by atoms with E-state index in [9.17, 15) is 4.39 Å². The number of hydrogen-bond donors (Lipinski definition) is 1. The van der Waals surface area contributed by atoms with Gasteiger partial charge in [-0.05, 0) is 43.7 Å². The molecule has 2 heterocycles. The Balaban J connectivity index is 2.18. The van der Waals surface area contributed by atoms with Crippen LogP contribution in [-0.4, -0.2) is 14.5 Å². The summed E-state index contributed by atoms with van der Waals surface area (Å²) in [6.07, 6.45) is 0. The van der Waals surface area contributed by atoms with Crippen LogP contribution >= 0.6 is 0 Å². The maximum atomic E-state index is 13.4. The number of imidazole rings is 1. The third-order valence-electron chi connectivity index (χ3n) is 3.42. The van der Waals surface area contributed by atoms with Gasteiger partial charge in [0.2, 0.25) is 5.95 Å². The molecule has 0 saturated heterocycles. The molecular formula is C15H15FN4. The van der Waals surface area contributed by atoms with Crippen molar-refractivity contribution in [3.8, 4) is 0 Å². The first kappa shape index (κ1) is 12.6. The molecule has 20 heavy (non-hydrogen) atoms. The molecule has 0 fully saturated rings. The van der Waals surface area contributed by atoms with Crippen LogP contribution in [0.15, 0.2) is 36.4 Å². The van der Waals surface area contributed by atoms with Gasteiger partial charge in [-0.2, -0.15) is 0 Å². The van der Waals surface area contributed by atoms with Crippen molar-refractivity contribution in [2.24, 2.45) is 0 Å². The molecule has 0 aliphatic heterocycles. The lowest BCUT2D eigenvalue weighted by molar-refractivity contribution is 0.611. The average Bonchev–Trinajstić information content (AvgIpc) is 2.73. The van der Waals surface area contributed by atoms with Gasteiger partial charge in [0.05, 0.1) is 6.04 Å². The summed E-state index contributed by atoms with van der Waals surface area (Å²) in [6.45, 7) is 3.87. The van der Waals surface area contributed by atoms with Crippen LogP contribution in [0.2, 0.25) is 0 Å². The molecule has 1 aromatic carbocycles. The highest BCUT2D eigenvalue weighted by Gasteiger charge is 2.17. The van der Waals surface area contributed by atoms with E-state index in [4.69, 9.17) is 5.73 Å². The van der Waals surface area contributed by atoms with Crippen molar-refractivity contribution in [3.63, 3.8) is 0 Å². The van der Waals surface area contributed by atoms with Crippen LogP contribution in [0, 0.1) is 12.7 Å². The van der Waals surface area contributed by atoms with E-state index in [0.717, 1.165) is 22.4 Å². The zero-order valence-electron chi connectivity index (χ0n) is 11.3. The van der Waals surface area contributed by atoms with Gasteiger partial charge in [-0.15, -0.1) is 0 Å². The average molecular weight is 270 g/mol. The summed E-state index contributed by atoms with van der Waals surface area (Å²) >= 11 is 0. The third kappa shape index (κ3) is 2.01. The van der Waals surface area contributed by atoms with Crippen molar-refractivity contribution in [2.75, 3.05) is 5.73 Å². The van der Waals surface area contributed by atoms with E-state index in [-0.39, 0.29) is 11.9 Å². The molecule has 0 spiro atoms. The fourth-order valence-corrected chi connectivity index (χ4v) is 2.38. The van der Waals surface area contributed by atoms with E-state index < -0.39 is 0 Å². The van der Waals surface area contributed by atoms with Gasteiger partial charge in [0.25, 0.3) is 0 Å². The smallest absolute Gasteiger partial charge is 0.203 e. The molecule has 0 bridgehead atoms. The van der Waals surface area contributed by atoms with E-state index in [2.05, 4.69) is 9.97 Å². The second-order valence-electron chi connectivity index (χ2n) is 4.87. The third-order valence-corrected chi connectivity index (χ3v) is 3.42. The Bertz CT molecular complexity index is 779. The Morgan fingerprint density at radius 2 is 2.00 bits per heavy atom. The van der Waals surface area contributed by atoms with Crippen LogP contribution in [0.1, 0.15) is 24.2 Å². The van der Waals surface area contributed by atoms with E-state index in [1.165, 1.54) is 12.1 Å². The number of rotatable bonds is 2. The summed E-state index contributed by atoms with van der Waals surface area (Å²) in [5, 5.41) is 0. The van der Waals surface area contributed by atoms with E-state index >= 15 is 0 Å². The van der Waals surface area contributed by atoms with Gasteiger partial charge in [-0.1, -0.05) is 12.1 Å². The van der Waals surface area contributed by atoms with Crippen molar-refractivity contribution < 1.29 is 4.39 Å². The zero-order chi connectivity index (χ0) is 14.3. The number of anilines is 1. The lowest BCUT2D eigenvalue weighted by atomic mass is 10.1. The maximum absolute atomic E-state index is 13.4. The Kier molecular flexibility index (Phi) is 2.89. The van der Waals surface area contributed by atoms with Crippen molar-refractivity contribution in [1.82, 2.24) is 14.5 Å². The summed E-state index contributed by atoms with van der Waals surface area (Å²) in [6, 6.07) is 10.1. The number of halogens is 1. The highest BCUT2D eigenvalue weighted by atomic mass is 19.1. The molecule has 1 atom stereocenters. The quantitative estimate of drug-likeness (QED) is 0.778. The molecule has 2 N–H and O–H groups in total. The molecule has 0 aliphatic rings. The summed E-state index contributed by atoms with van der Waals surface area (Å²) in [5.74, 6) is 0.122. The van der Waals surface area contributed by atoms with Gasteiger partial charge < -0.3 is 5.73 Å². The molecule has 0 saturated carbocycles. The number of nitrogens with zero attached hydrogens (tertiary/aromatic N) is 3. The molecule has 1 unspecified atom stereocenters. The number of nitrogens with two attached hydrogens (primary N) is 1. The highest BCUT2D eigenvalue weighted by Crippen LogP contribution is 2.26. The minimum Gasteiger partial charge on any atom is -0.369 e. The van der Waals surface area contributed by atoms with E-state index in [1.54, 1.807) is 6.07 Å². The molecule has 0 amide bonds. The van der Waals surface area contributed by atoms with Crippen LogP contribution in [0.25, 0.3) is 11.2 Å². The van der Waals surface area contributed by atoms with Crippen LogP contribution < -0.4 is 5.73 Å². The number of nitrogen functional groups attached to an aromatic ring is 1. The second kappa shape index (κ2) is 4.59. The fourth-order valence-electron chi connectivity index (χ4n) is 2.38. The normalized spacial score (nSPS) is 12.8. The standard InChI is InChI=1S/C15H15FN4/c1-9-6-7-13-14(18-9)20(15(17)19-13)10(2)11-4-3-5-12(16)8-11/h3-8,10H,1-2H3,(H2,17,19). The molecule has 0 aliphatic carbocycles. The van der Waals surface area contributed by atoms with E-state index in [0.29, 0.717) is 5.95 Å². The predicted octanol–water partition coefficient (Wildman–Crippen LogP) is 3.07. The van der Waals surface area contributed by atoms with Gasteiger partial charge in [-0.3, -0.25) is 4.57 Å². The fraction of sp³-hybridized carbons (Fsp3) is 0.200. The van der Waals surface area contributed by atoms with Crippen molar-refractivity contribution in [1.29, 1.82) is 0 Å². The molecule has 2 aromatic heterocycles. The number of hydrogen-bond acceptors (Lipinski definition) is 3. The first-order valence-electron chi connectivity index (χ1n) is 6.43. The second-order valence-corrected chi connectivity index (χ2v) is 4.87. The number of pyridine rings is 1. The topological polar surface area (TPSA) is 56.7 Å². The van der Waals surface area contributed by atoms with Gasteiger partial charge in [0.15, 0.2) is 5.65 Å². The molecular weight excluding hydrogens is 255 g/mol. The van der Waals surface area contributed by atoms with Gasteiger partial charge >= 0.3 is 0 Å². The van der Waals surface area contributed by atoms with Crippen LogP contribution in [-0.2, 0) is 0 Å². The Morgan fingerprint density at radius 3 is 2.75 bits per heavy atom. The van der Waals surface area contributed by atoms with Gasteiger partial charge in [0.1, 0.15) is 11.3 Å². The largest absolute Gasteiger partial charge is 0.369 e. The molecule has 102 valence electrons. The minimum atomic E-state index is -0.263. The lowest BCUT2D eigenvalue weighted by Gasteiger charge is -2.16. The summed E-state index contributed by atoms with van der Waals surface area (Å²) in [5.41, 5.74) is 9.19. The first-order valence-corrected chi connectivity index (χ1v) is 6.43. The zero-order valence-corrected chi connectivity index (χ0v) is 11.3.